The molecule has 0 amide bonds. The number of rotatable bonds is 7. The second-order valence-corrected chi connectivity index (χ2v) is 9.60. The molecule has 0 saturated carbocycles. The first-order valence-corrected chi connectivity index (χ1v) is 11.9. The maximum Gasteiger partial charge on any atom is 0.236 e. The van der Waals surface area contributed by atoms with Crippen LogP contribution in [0.5, 0.6) is 0 Å². The molecule has 1 N–H and O–H groups in total. The van der Waals surface area contributed by atoms with Crippen LogP contribution >= 0.6 is 0 Å². The molecule has 0 atom stereocenters. The third-order valence-electron chi connectivity index (χ3n) is 5.42. The van der Waals surface area contributed by atoms with Crippen LogP contribution in [0.15, 0.2) is 54.6 Å². The van der Waals surface area contributed by atoms with E-state index in [-0.39, 0.29) is 12.3 Å². The smallest absolute Gasteiger partial charge is 0.236 e. The van der Waals surface area contributed by atoms with Crippen LogP contribution in [0, 0.1) is 0 Å². The summed E-state index contributed by atoms with van der Waals surface area (Å²) in [6, 6.07) is 16.9. The van der Waals surface area contributed by atoms with Gasteiger partial charge in [-0.25, -0.2) is 13.4 Å². The molecule has 2 aromatic carbocycles. The van der Waals surface area contributed by atoms with E-state index >= 15 is 0 Å². The molecule has 0 radical (unpaired) electrons. The third kappa shape index (κ3) is 4.48. The first-order chi connectivity index (χ1) is 14.5. The quantitative estimate of drug-likeness (QED) is 0.624. The van der Waals surface area contributed by atoms with Crippen LogP contribution < -0.4 is 14.5 Å². The van der Waals surface area contributed by atoms with Crippen molar-refractivity contribution >= 4 is 38.4 Å². The SMILES string of the molecule is CN(c1ccccc1)S(=O)(=O)CCNc1nc(N2CCCCC2)nc2ccccc12. The van der Waals surface area contributed by atoms with Gasteiger partial charge in [0, 0.05) is 32.1 Å². The first kappa shape index (κ1) is 20.4. The summed E-state index contributed by atoms with van der Waals surface area (Å²) in [4.78, 5) is 11.7. The molecule has 7 nitrogen and oxygen atoms in total. The highest BCUT2D eigenvalue weighted by Crippen LogP contribution is 2.25. The van der Waals surface area contributed by atoms with Crippen molar-refractivity contribution < 1.29 is 8.42 Å². The number of nitrogens with one attached hydrogen (secondary N) is 1. The van der Waals surface area contributed by atoms with Gasteiger partial charge in [0.15, 0.2) is 0 Å². The van der Waals surface area contributed by atoms with E-state index in [1.807, 2.05) is 42.5 Å². The van der Waals surface area contributed by atoms with Gasteiger partial charge in [-0.1, -0.05) is 30.3 Å². The largest absolute Gasteiger partial charge is 0.368 e. The van der Waals surface area contributed by atoms with E-state index in [0.29, 0.717) is 17.5 Å². The van der Waals surface area contributed by atoms with Crippen molar-refractivity contribution in [1.82, 2.24) is 9.97 Å². The number of sulfonamides is 1. The molecule has 1 fully saturated rings. The third-order valence-corrected chi connectivity index (χ3v) is 7.19. The lowest BCUT2D eigenvalue weighted by Crippen LogP contribution is -2.32. The average molecular weight is 426 g/mol. The number of hydrogen-bond acceptors (Lipinski definition) is 6. The molecule has 1 aliphatic rings. The van der Waals surface area contributed by atoms with E-state index < -0.39 is 10.0 Å². The monoisotopic (exact) mass is 425 g/mol. The molecular formula is C22H27N5O2S. The van der Waals surface area contributed by atoms with Gasteiger partial charge < -0.3 is 10.2 Å². The normalized spacial score (nSPS) is 14.6. The fourth-order valence-electron chi connectivity index (χ4n) is 3.67. The van der Waals surface area contributed by atoms with Gasteiger partial charge >= 0.3 is 0 Å². The Hall–Kier alpha value is -2.87. The van der Waals surface area contributed by atoms with Crippen LogP contribution in [-0.4, -0.2) is 50.8 Å². The minimum atomic E-state index is -3.45. The molecule has 1 aromatic heterocycles. The van der Waals surface area contributed by atoms with Crippen LogP contribution in [0.4, 0.5) is 17.5 Å². The summed E-state index contributed by atoms with van der Waals surface area (Å²) in [6.45, 7) is 2.17. The number of anilines is 3. The highest BCUT2D eigenvalue weighted by atomic mass is 32.2. The number of hydrogen-bond donors (Lipinski definition) is 1. The van der Waals surface area contributed by atoms with Crippen molar-refractivity contribution in [2.45, 2.75) is 19.3 Å². The molecule has 3 aromatic rings. The number of fused-ring (bicyclic) bond motifs is 1. The Labute approximate surface area is 177 Å². The molecule has 0 aliphatic carbocycles. The van der Waals surface area contributed by atoms with Gasteiger partial charge in [-0.2, -0.15) is 4.98 Å². The summed E-state index contributed by atoms with van der Waals surface area (Å²) in [5.41, 5.74) is 1.51. The molecule has 4 rings (SSSR count). The average Bonchev–Trinajstić information content (AvgIpc) is 2.79. The molecule has 0 bridgehead atoms. The Balaban J connectivity index is 1.52. The van der Waals surface area contributed by atoms with Crippen LogP contribution in [0.1, 0.15) is 19.3 Å². The van der Waals surface area contributed by atoms with Gasteiger partial charge in [0.1, 0.15) is 5.82 Å². The van der Waals surface area contributed by atoms with Crippen molar-refractivity contribution in [3.05, 3.63) is 54.6 Å². The zero-order valence-electron chi connectivity index (χ0n) is 17.2. The van der Waals surface area contributed by atoms with E-state index in [2.05, 4.69) is 10.2 Å². The second kappa shape index (κ2) is 8.87. The van der Waals surface area contributed by atoms with Gasteiger partial charge in [0.05, 0.1) is 17.0 Å². The molecule has 158 valence electrons. The first-order valence-electron chi connectivity index (χ1n) is 10.3. The Morgan fingerprint density at radius 1 is 0.967 bits per heavy atom. The van der Waals surface area contributed by atoms with Gasteiger partial charge in [-0.3, -0.25) is 4.31 Å². The van der Waals surface area contributed by atoms with Crippen LogP contribution in [0.25, 0.3) is 10.9 Å². The van der Waals surface area contributed by atoms with Crippen LogP contribution in [0.3, 0.4) is 0 Å². The highest BCUT2D eigenvalue weighted by Gasteiger charge is 2.19. The van der Waals surface area contributed by atoms with Crippen molar-refractivity contribution in [1.29, 1.82) is 0 Å². The zero-order chi connectivity index (χ0) is 21.0. The van der Waals surface area contributed by atoms with E-state index in [4.69, 9.17) is 9.97 Å². The zero-order valence-corrected chi connectivity index (χ0v) is 18.0. The Morgan fingerprint density at radius 3 is 2.43 bits per heavy atom. The molecule has 2 heterocycles. The Bertz CT molecular complexity index is 1100. The topological polar surface area (TPSA) is 78.4 Å². The fraction of sp³-hybridized carbons (Fsp3) is 0.364. The van der Waals surface area contributed by atoms with Gasteiger partial charge in [0.25, 0.3) is 0 Å². The predicted molar refractivity (Wildman–Crippen MR) is 123 cm³/mol. The molecule has 8 heteroatoms. The lowest BCUT2D eigenvalue weighted by atomic mass is 10.1. The number of para-hydroxylation sites is 2. The number of aromatic nitrogens is 2. The van der Waals surface area contributed by atoms with E-state index in [1.165, 1.54) is 10.7 Å². The molecule has 0 spiro atoms. The van der Waals surface area contributed by atoms with Crippen molar-refractivity contribution in [2.24, 2.45) is 0 Å². The van der Waals surface area contributed by atoms with Crippen LogP contribution in [0.2, 0.25) is 0 Å². The number of piperidine rings is 1. The molecule has 0 unspecified atom stereocenters. The summed E-state index contributed by atoms with van der Waals surface area (Å²) >= 11 is 0. The van der Waals surface area contributed by atoms with Gasteiger partial charge in [0.2, 0.25) is 16.0 Å². The number of nitrogens with zero attached hydrogens (tertiary/aromatic N) is 4. The minimum absolute atomic E-state index is 0.0320. The second-order valence-electron chi connectivity index (χ2n) is 7.48. The van der Waals surface area contributed by atoms with Crippen molar-refractivity contribution in [3.8, 4) is 0 Å². The Morgan fingerprint density at radius 2 is 1.67 bits per heavy atom. The summed E-state index contributed by atoms with van der Waals surface area (Å²) < 4.78 is 26.8. The lowest BCUT2D eigenvalue weighted by Gasteiger charge is -2.27. The standard InChI is InChI=1S/C22H27N5O2S/c1-26(18-10-4-2-5-11-18)30(28,29)17-14-23-21-19-12-6-7-13-20(19)24-22(25-21)27-15-8-3-9-16-27/h2,4-7,10-13H,3,8-9,14-17H2,1H3,(H,23,24,25). The summed E-state index contributed by atoms with van der Waals surface area (Å²) in [7, 11) is -1.87. The number of benzene rings is 2. The van der Waals surface area contributed by atoms with E-state index in [1.54, 1.807) is 19.2 Å². The van der Waals surface area contributed by atoms with Gasteiger partial charge in [-0.05, 0) is 43.5 Å². The molecule has 1 saturated heterocycles. The molecule has 1 aliphatic heterocycles. The Kier molecular flexibility index (Phi) is 6.03. The summed E-state index contributed by atoms with van der Waals surface area (Å²) in [5.74, 6) is 1.36. The molecular weight excluding hydrogens is 398 g/mol. The minimum Gasteiger partial charge on any atom is -0.368 e. The van der Waals surface area contributed by atoms with Gasteiger partial charge in [-0.15, -0.1) is 0 Å². The highest BCUT2D eigenvalue weighted by molar-refractivity contribution is 7.92. The lowest BCUT2D eigenvalue weighted by molar-refractivity contribution is 0.569. The van der Waals surface area contributed by atoms with Crippen molar-refractivity contribution in [2.75, 3.05) is 47.0 Å². The maximum absolute atomic E-state index is 12.7. The van der Waals surface area contributed by atoms with Crippen LogP contribution in [-0.2, 0) is 10.0 Å². The van der Waals surface area contributed by atoms with E-state index in [0.717, 1.165) is 36.8 Å². The molecule has 30 heavy (non-hydrogen) atoms. The summed E-state index contributed by atoms with van der Waals surface area (Å²) in [6.07, 6.45) is 3.52. The van der Waals surface area contributed by atoms with Crippen molar-refractivity contribution in [3.63, 3.8) is 0 Å². The van der Waals surface area contributed by atoms with E-state index in [9.17, 15) is 8.42 Å². The predicted octanol–water partition coefficient (Wildman–Crippen LogP) is 3.50. The summed E-state index contributed by atoms with van der Waals surface area (Å²) in [5, 5.41) is 4.14. The maximum atomic E-state index is 12.7. The fourth-order valence-corrected chi connectivity index (χ4v) is 4.75.